The second-order valence-electron chi connectivity index (χ2n) is 4.90. The van der Waals surface area contributed by atoms with Crippen LogP contribution in [-0.2, 0) is 11.2 Å². The smallest absolute Gasteiger partial charge is 0.316 e. The summed E-state index contributed by atoms with van der Waals surface area (Å²) in [6.45, 7) is 3.70. The lowest BCUT2D eigenvalue weighted by molar-refractivity contribution is -0.126. The van der Waals surface area contributed by atoms with E-state index >= 15 is 0 Å². The summed E-state index contributed by atoms with van der Waals surface area (Å²) in [4.78, 5) is 22.1. The van der Waals surface area contributed by atoms with E-state index in [9.17, 15) is 4.79 Å². The van der Waals surface area contributed by atoms with Crippen molar-refractivity contribution in [3.05, 3.63) is 18.0 Å². The summed E-state index contributed by atoms with van der Waals surface area (Å²) in [6.07, 6.45) is 4.44. The summed E-state index contributed by atoms with van der Waals surface area (Å²) in [6, 6.07) is 0.343. The number of hydrogen-bond acceptors (Lipinski definition) is 6. The topological polar surface area (TPSA) is 70.6 Å². The SMILES string of the molecule is COc1ncc(CCC(=O)NN2CCN(C)CC2)cn1. The van der Waals surface area contributed by atoms with Crippen molar-refractivity contribution in [3.63, 3.8) is 0 Å². The van der Waals surface area contributed by atoms with E-state index < -0.39 is 0 Å². The Morgan fingerprint density at radius 1 is 1.30 bits per heavy atom. The van der Waals surface area contributed by atoms with Crippen LogP contribution in [0.3, 0.4) is 0 Å². The summed E-state index contributed by atoms with van der Waals surface area (Å²) in [5, 5.41) is 1.98. The number of nitrogens with zero attached hydrogens (tertiary/aromatic N) is 4. The number of ether oxygens (including phenoxy) is 1. The fourth-order valence-electron chi connectivity index (χ4n) is 1.99. The van der Waals surface area contributed by atoms with E-state index in [1.807, 2.05) is 5.01 Å². The molecule has 0 unspecified atom stereocenters. The molecular formula is C13H21N5O2. The van der Waals surface area contributed by atoms with Gasteiger partial charge in [-0.2, -0.15) is 0 Å². The average molecular weight is 279 g/mol. The highest BCUT2D eigenvalue weighted by Crippen LogP contribution is 2.04. The Balaban J connectivity index is 1.71. The van der Waals surface area contributed by atoms with Gasteiger partial charge in [-0.3, -0.25) is 10.2 Å². The van der Waals surface area contributed by atoms with Gasteiger partial charge in [0.25, 0.3) is 0 Å². The summed E-state index contributed by atoms with van der Waals surface area (Å²) in [7, 11) is 3.61. The summed E-state index contributed by atoms with van der Waals surface area (Å²) in [5.41, 5.74) is 3.86. The quantitative estimate of drug-likeness (QED) is 0.798. The van der Waals surface area contributed by atoms with Crippen molar-refractivity contribution in [1.29, 1.82) is 0 Å². The highest BCUT2D eigenvalue weighted by molar-refractivity contribution is 5.75. The average Bonchev–Trinajstić information content (AvgIpc) is 2.48. The highest BCUT2D eigenvalue weighted by atomic mass is 16.5. The summed E-state index contributed by atoms with van der Waals surface area (Å²) >= 11 is 0. The van der Waals surface area contributed by atoms with Crippen LogP contribution in [0.1, 0.15) is 12.0 Å². The van der Waals surface area contributed by atoms with Crippen LogP contribution in [0.15, 0.2) is 12.4 Å². The molecule has 1 fully saturated rings. The second kappa shape index (κ2) is 7.16. The van der Waals surface area contributed by atoms with Gasteiger partial charge in [0, 0.05) is 45.0 Å². The number of methoxy groups -OCH3 is 1. The molecule has 0 saturated carbocycles. The Labute approximate surface area is 118 Å². The first-order valence-electron chi connectivity index (χ1n) is 6.75. The first-order chi connectivity index (χ1) is 9.67. The number of piperazine rings is 1. The molecule has 1 N–H and O–H groups in total. The Morgan fingerprint density at radius 3 is 2.55 bits per heavy atom. The third-order valence-corrected chi connectivity index (χ3v) is 3.29. The summed E-state index contributed by atoms with van der Waals surface area (Å²) in [5.74, 6) is 0.0328. The molecule has 0 spiro atoms. The fourth-order valence-corrected chi connectivity index (χ4v) is 1.99. The minimum Gasteiger partial charge on any atom is -0.467 e. The standard InChI is InChI=1S/C13H21N5O2/c1-17-5-7-18(8-6-17)16-12(19)4-3-11-9-14-13(20-2)15-10-11/h9-10H,3-8H2,1-2H3,(H,16,19). The molecule has 1 saturated heterocycles. The van der Waals surface area contributed by atoms with Gasteiger partial charge < -0.3 is 9.64 Å². The fraction of sp³-hybridized carbons (Fsp3) is 0.615. The van der Waals surface area contributed by atoms with E-state index in [2.05, 4.69) is 27.3 Å². The van der Waals surface area contributed by atoms with Gasteiger partial charge >= 0.3 is 6.01 Å². The van der Waals surface area contributed by atoms with Gasteiger partial charge in [-0.05, 0) is 19.0 Å². The Hall–Kier alpha value is -1.73. The highest BCUT2D eigenvalue weighted by Gasteiger charge is 2.15. The Morgan fingerprint density at radius 2 is 1.95 bits per heavy atom. The molecule has 2 heterocycles. The van der Waals surface area contributed by atoms with Crippen molar-refractivity contribution in [2.24, 2.45) is 0 Å². The maximum atomic E-state index is 11.9. The third-order valence-electron chi connectivity index (χ3n) is 3.29. The first kappa shape index (κ1) is 14.7. The van der Waals surface area contributed by atoms with Crippen molar-refractivity contribution in [3.8, 4) is 6.01 Å². The zero-order valence-electron chi connectivity index (χ0n) is 12.0. The summed E-state index contributed by atoms with van der Waals surface area (Å²) < 4.78 is 4.89. The molecule has 0 radical (unpaired) electrons. The van der Waals surface area contributed by atoms with Crippen LogP contribution in [0.2, 0.25) is 0 Å². The molecule has 1 aromatic heterocycles. The molecule has 1 aliphatic rings. The van der Waals surface area contributed by atoms with Crippen LogP contribution in [0.4, 0.5) is 0 Å². The van der Waals surface area contributed by atoms with Gasteiger partial charge in [0.05, 0.1) is 7.11 Å². The minimum atomic E-state index is 0.0328. The van der Waals surface area contributed by atoms with Gasteiger partial charge in [-0.1, -0.05) is 0 Å². The van der Waals surface area contributed by atoms with Gasteiger partial charge in [0.1, 0.15) is 0 Å². The van der Waals surface area contributed by atoms with Crippen LogP contribution in [0.5, 0.6) is 6.01 Å². The van der Waals surface area contributed by atoms with Gasteiger partial charge in [0.15, 0.2) is 0 Å². The van der Waals surface area contributed by atoms with E-state index in [0.29, 0.717) is 18.9 Å². The third kappa shape index (κ3) is 4.43. The number of aromatic nitrogens is 2. The minimum absolute atomic E-state index is 0.0328. The number of hydrogen-bond donors (Lipinski definition) is 1. The van der Waals surface area contributed by atoms with E-state index in [0.717, 1.165) is 31.7 Å². The predicted octanol–water partition coefficient (Wildman–Crippen LogP) is -0.304. The maximum Gasteiger partial charge on any atom is 0.316 e. The molecule has 1 aliphatic heterocycles. The van der Waals surface area contributed by atoms with Gasteiger partial charge in [-0.15, -0.1) is 0 Å². The Bertz CT molecular complexity index is 429. The molecule has 1 amide bonds. The van der Waals surface area contributed by atoms with Crippen LogP contribution in [0.25, 0.3) is 0 Å². The van der Waals surface area contributed by atoms with E-state index in [-0.39, 0.29) is 5.91 Å². The molecule has 110 valence electrons. The lowest BCUT2D eigenvalue weighted by atomic mass is 10.2. The molecule has 0 bridgehead atoms. The van der Waals surface area contributed by atoms with Crippen molar-refractivity contribution < 1.29 is 9.53 Å². The molecule has 7 heteroatoms. The van der Waals surface area contributed by atoms with E-state index in [1.54, 1.807) is 12.4 Å². The lowest BCUT2D eigenvalue weighted by Gasteiger charge is -2.32. The molecule has 0 aromatic carbocycles. The normalized spacial score (nSPS) is 16.9. The van der Waals surface area contributed by atoms with E-state index in [4.69, 9.17) is 4.74 Å². The number of carbonyl (C=O) groups excluding carboxylic acids is 1. The molecule has 2 rings (SSSR count). The van der Waals surface area contributed by atoms with Gasteiger partial charge in [-0.25, -0.2) is 15.0 Å². The number of likely N-dealkylation sites (N-methyl/N-ethyl adjacent to an activating group) is 1. The number of hydrazine groups is 1. The van der Waals surface area contributed by atoms with Crippen molar-refractivity contribution in [2.75, 3.05) is 40.3 Å². The predicted molar refractivity (Wildman–Crippen MR) is 74.1 cm³/mol. The number of nitrogens with one attached hydrogen (secondary N) is 1. The van der Waals surface area contributed by atoms with Crippen molar-refractivity contribution in [2.45, 2.75) is 12.8 Å². The first-order valence-corrected chi connectivity index (χ1v) is 6.75. The van der Waals surface area contributed by atoms with Gasteiger partial charge in [0.2, 0.25) is 5.91 Å². The molecule has 0 atom stereocenters. The number of carbonyl (C=O) groups is 1. The van der Waals surface area contributed by atoms with Crippen LogP contribution in [-0.4, -0.2) is 66.1 Å². The molecule has 1 aromatic rings. The molecule has 7 nitrogen and oxygen atoms in total. The van der Waals surface area contributed by atoms with Crippen LogP contribution >= 0.6 is 0 Å². The molecule has 20 heavy (non-hydrogen) atoms. The molecular weight excluding hydrogens is 258 g/mol. The number of amides is 1. The number of aryl methyl sites for hydroxylation is 1. The van der Waals surface area contributed by atoms with Crippen molar-refractivity contribution in [1.82, 2.24) is 25.3 Å². The zero-order valence-corrected chi connectivity index (χ0v) is 12.0. The lowest BCUT2D eigenvalue weighted by Crippen LogP contribution is -2.52. The second-order valence-corrected chi connectivity index (χ2v) is 4.90. The monoisotopic (exact) mass is 279 g/mol. The Kier molecular flexibility index (Phi) is 5.25. The van der Waals surface area contributed by atoms with Crippen molar-refractivity contribution >= 4 is 5.91 Å². The van der Waals surface area contributed by atoms with Crippen LogP contribution in [0, 0.1) is 0 Å². The maximum absolute atomic E-state index is 11.9. The largest absolute Gasteiger partial charge is 0.467 e. The zero-order chi connectivity index (χ0) is 14.4. The molecule has 0 aliphatic carbocycles. The van der Waals surface area contributed by atoms with E-state index in [1.165, 1.54) is 7.11 Å². The number of rotatable bonds is 5. The van der Waals surface area contributed by atoms with Crippen LogP contribution < -0.4 is 10.2 Å².